The molecular weight excluding hydrogens is 214 g/mol. The summed E-state index contributed by atoms with van der Waals surface area (Å²) in [5, 5.41) is 3.76. The van der Waals surface area contributed by atoms with Crippen LogP contribution in [0.2, 0.25) is 0 Å². The van der Waals surface area contributed by atoms with E-state index in [0.717, 1.165) is 17.9 Å². The second-order valence-corrected chi connectivity index (χ2v) is 6.76. The van der Waals surface area contributed by atoms with Crippen LogP contribution < -0.4 is 5.32 Å². The van der Waals surface area contributed by atoms with Gasteiger partial charge in [-0.25, -0.2) is 0 Å². The summed E-state index contributed by atoms with van der Waals surface area (Å²) in [5.74, 6) is 4.84. The van der Waals surface area contributed by atoms with E-state index in [1.54, 1.807) is 0 Å². The molecule has 0 heterocycles. The number of thioether (sulfide) groups is 1. The largest absolute Gasteiger partial charge is 0.313 e. The van der Waals surface area contributed by atoms with Crippen molar-refractivity contribution in [3.63, 3.8) is 0 Å². The summed E-state index contributed by atoms with van der Waals surface area (Å²) in [5.41, 5.74) is 0. The molecule has 0 spiro atoms. The van der Waals surface area contributed by atoms with Crippen molar-refractivity contribution in [1.82, 2.24) is 5.32 Å². The van der Waals surface area contributed by atoms with Crippen molar-refractivity contribution in [3.05, 3.63) is 0 Å². The zero-order valence-corrected chi connectivity index (χ0v) is 11.5. The van der Waals surface area contributed by atoms with Gasteiger partial charge < -0.3 is 5.32 Å². The molecule has 2 rings (SSSR count). The summed E-state index contributed by atoms with van der Waals surface area (Å²) in [7, 11) is 0. The van der Waals surface area contributed by atoms with Gasteiger partial charge in [0.2, 0.25) is 0 Å². The topological polar surface area (TPSA) is 12.0 Å². The minimum atomic E-state index is 0.834. The van der Waals surface area contributed by atoms with Crippen molar-refractivity contribution in [1.29, 1.82) is 0 Å². The van der Waals surface area contributed by atoms with Gasteiger partial charge >= 0.3 is 0 Å². The van der Waals surface area contributed by atoms with Gasteiger partial charge in [0.25, 0.3) is 0 Å². The van der Waals surface area contributed by atoms with Crippen LogP contribution in [0, 0.1) is 11.8 Å². The molecule has 0 saturated heterocycles. The van der Waals surface area contributed by atoms with Gasteiger partial charge in [0.1, 0.15) is 0 Å². The summed E-state index contributed by atoms with van der Waals surface area (Å²) in [6.07, 6.45) is 10.2. The molecule has 0 radical (unpaired) electrons. The zero-order chi connectivity index (χ0) is 11.2. The number of hydrogen-bond acceptors (Lipinski definition) is 2. The SMILES string of the molecule is CCC1CCCC(NCCSCC2CC2)C1. The van der Waals surface area contributed by atoms with Gasteiger partial charge in [0.15, 0.2) is 0 Å². The van der Waals surface area contributed by atoms with E-state index in [1.165, 1.54) is 63.0 Å². The van der Waals surface area contributed by atoms with Crippen molar-refractivity contribution in [2.45, 2.75) is 57.9 Å². The lowest BCUT2D eigenvalue weighted by atomic mass is 9.84. The van der Waals surface area contributed by atoms with Crippen molar-refractivity contribution in [2.24, 2.45) is 11.8 Å². The van der Waals surface area contributed by atoms with Crippen LogP contribution in [0.5, 0.6) is 0 Å². The van der Waals surface area contributed by atoms with Crippen LogP contribution in [-0.2, 0) is 0 Å². The van der Waals surface area contributed by atoms with E-state index in [0.29, 0.717) is 0 Å². The molecule has 0 bridgehead atoms. The molecule has 2 heteroatoms. The van der Waals surface area contributed by atoms with Crippen LogP contribution in [0.4, 0.5) is 0 Å². The first-order valence-electron chi connectivity index (χ1n) is 7.19. The lowest BCUT2D eigenvalue weighted by Gasteiger charge is -2.29. The van der Waals surface area contributed by atoms with Gasteiger partial charge in [-0.2, -0.15) is 11.8 Å². The smallest absolute Gasteiger partial charge is 0.00700 e. The van der Waals surface area contributed by atoms with Crippen molar-refractivity contribution < 1.29 is 0 Å². The lowest BCUT2D eigenvalue weighted by Crippen LogP contribution is -2.35. The summed E-state index contributed by atoms with van der Waals surface area (Å²) >= 11 is 2.16. The van der Waals surface area contributed by atoms with E-state index in [-0.39, 0.29) is 0 Å². The fourth-order valence-corrected chi connectivity index (χ4v) is 3.81. The first-order chi connectivity index (χ1) is 7.88. The molecule has 2 atom stereocenters. The highest BCUT2D eigenvalue weighted by atomic mass is 32.2. The first kappa shape index (κ1) is 12.8. The highest BCUT2D eigenvalue weighted by Crippen LogP contribution is 2.32. The fourth-order valence-electron chi connectivity index (χ4n) is 2.72. The quantitative estimate of drug-likeness (QED) is 0.682. The Morgan fingerprint density at radius 2 is 2.00 bits per heavy atom. The van der Waals surface area contributed by atoms with E-state index in [9.17, 15) is 0 Å². The van der Waals surface area contributed by atoms with Crippen LogP contribution in [-0.4, -0.2) is 24.1 Å². The highest BCUT2D eigenvalue weighted by Gasteiger charge is 2.21. The Morgan fingerprint density at radius 1 is 1.12 bits per heavy atom. The molecule has 0 aliphatic heterocycles. The molecule has 2 fully saturated rings. The molecule has 2 aliphatic rings. The molecule has 0 aromatic rings. The predicted molar refractivity (Wildman–Crippen MR) is 74.1 cm³/mol. The number of rotatable bonds is 7. The van der Waals surface area contributed by atoms with Crippen LogP contribution >= 0.6 is 11.8 Å². The van der Waals surface area contributed by atoms with E-state index >= 15 is 0 Å². The summed E-state index contributed by atoms with van der Waals surface area (Å²) < 4.78 is 0. The summed E-state index contributed by atoms with van der Waals surface area (Å²) in [6, 6.07) is 0.834. The Kier molecular flexibility index (Phi) is 5.51. The Bertz CT molecular complexity index is 191. The molecule has 0 aromatic heterocycles. The predicted octanol–water partition coefficient (Wildman–Crippen LogP) is 3.69. The number of nitrogens with one attached hydrogen (secondary N) is 1. The van der Waals surface area contributed by atoms with E-state index < -0.39 is 0 Å². The Hall–Kier alpha value is 0.310. The van der Waals surface area contributed by atoms with Gasteiger partial charge in [-0.1, -0.05) is 26.2 Å². The van der Waals surface area contributed by atoms with Gasteiger partial charge in [-0.3, -0.25) is 0 Å². The molecule has 1 N–H and O–H groups in total. The average molecular weight is 241 g/mol. The maximum absolute atomic E-state index is 3.76. The molecule has 2 aliphatic carbocycles. The van der Waals surface area contributed by atoms with Gasteiger partial charge in [0.05, 0.1) is 0 Å². The molecule has 16 heavy (non-hydrogen) atoms. The highest BCUT2D eigenvalue weighted by molar-refractivity contribution is 7.99. The molecular formula is C14H27NS. The second kappa shape index (κ2) is 6.90. The molecule has 94 valence electrons. The van der Waals surface area contributed by atoms with Crippen molar-refractivity contribution in [3.8, 4) is 0 Å². The van der Waals surface area contributed by atoms with E-state index in [1.807, 2.05) is 0 Å². The maximum atomic E-state index is 3.76. The van der Waals surface area contributed by atoms with Crippen LogP contribution in [0.1, 0.15) is 51.9 Å². The van der Waals surface area contributed by atoms with E-state index in [2.05, 4.69) is 24.0 Å². The first-order valence-corrected chi connectivity index (χ1v) is 8.35. The van der Waals surface area contributed by atoms with Gasteiger partial charge in [0, 0.05) is 18.3 Å². The number of hydrogen-bond donors (Lipinski definition) is 1. The lowest BCUT2D eigenvalue weighted by molar-refractivity contribution is 0.283. The average Bonchev–Trinajstić information content (AvgIpc) is 3.13. The molecule has 1 nitrogen and oxygen atoms in total. The zero-order valence-electron chi connectivity index (χ0n) is 10.7. The Labute approximate surface area is 105 Å². The monoisotopic (exact) mass is 241 g/mol. The molecule has 0 amide bonds. The van der Waals surface area contributed by atoms with Gasteiger partial charge in [-0.05, 0) is 43.3 Å². The van der Waals surface area contributed by atoms with Crippen LogP contribution in [0.25, 0.3) is 0 Å². The Balaban J connectivity index is 1.47. The molecule has 2 saturated carbocycles. The minimum absolute atomic E-state index is 0.834. The third kappa shape index (κ3) is 4.67. The third-order valence-corrected chi connectivity index (χ3v) is 5.29. The Morgan fingerprint density at radius 3 is 2.75 bits per heavy atom. The van der Waals surface area contributed by atoms with Crippen molar-refractivity contribution in [2.75, 3.05) is 18.1 Å². The van der Waals surface area contributed by atoms with Gasteiger partial charge in [-0.15, -0.1) is 0 Å². The molecule has 0 aromatic carbocycles. The van der Waals surface area contributed by atoms with Crippen LogP contribution in [0.3, 0.4) is 0 Å². The van der Waals surface area contributed by atoms with Crippen molar-refractivity contribution >= 4 is 11.8 Å². The summed E-state index contributed by atoms with van der Waals surface area (Å²) in [4.78, 5) is 0. The van der Waals surface area contributed by atoms with E-state index in [4.69, 9.17) is 0 Å². The second-order valence-electron chi connectivity index (χ2n) is 5.61. The summed E-state index contributed by atoms with van der Waals surface area (Å²) in [6.45, 7) is 3.58. The fraction of sp³-hybridized carbons (Fsp3) is 1.00. The minimum Gasteiger partial charge on any atom is -0.313 e. The maximum Gasteiger partial charge on any atom is 0.00700 e. The van der Waals surface area contributed by atoms with Crippen LogP contribution in [0.15, 0.2) is 0 Å². The standard InChI is InChI=1S/C14H27NS/c1-2-12-4-3-5-14(10-12)15-8-9-16-11-13-6-7-13/h12-15H,2-11H2,1H3. The third-order valence-electron chi connectivity index (χ3n) is 4.09. The molecule has 2 unspecified atom stereocenters. The normalized spacial score (nSPS) is 30.6.